The molecule has 4 nitrogen and oxygen atoms in total. The highest BCUT2D eigenvalue weighted by atomic mass is 32.2. The molecule has 0 unspecified atom stereocenters. The van der Waals surface area contributed by atoms with Crippen molar-refractivity contribution in [3.8, 4) is 0 Å². The lowest BCUT2D eigenvalue weighted by atomic mass is 9.75. The number of rotatable bonds is 5. The number of nitrogens with one attached hydrogen (secondary N) is 1. The van der Waals surface area contributed by atoms with E-state index < -0.39 is 0 Å². The van der Waals surface area contributed by atoms with Gasteiger partial charge in [0.05, 0.1) is 11.2 Å². The number of piperidine rings is 1. The van der Waals surface area contributed by atoms with Crippen LogP contribution in [-0.2, 0) is 11.2 Å². The van der Waals surface area contributed by atoms with Crippen molar-refractivity contribution in [1.82, 2.24) is 15.5 Å². The molecule has 1 aliphatic heterocycles. The molecule has 1 aliphatic rings. The molecular weight excluding hydrogens is 270 g/mol. The Morgan fingerprint density at radius 2 is 2.00 bits per heavy atom. The Morgan fingerprint density at radius 1 is 1.30 bits per heavy atom. The molecule has 0 atom stereocenters. The Hall–Kier alpha value is -0.550. The Bertz CT molecular complexity index is 413. The Kier molecular flexibility index (Phi) is 5.13. The fourth-order valence-electron chi connectivity index (χ4n) is 2.76. The van der Waals surface area contributed by atoms with E-state index in [9.17, 15) is 0 Å². The summed E-state index contributed by atoms with van der Waals surface area (Å²) in [4.78, 5) is 4.70. The summed E-state index contributed by atoms with van der Waals surface area (Å²) in [6, 6.07) is 0. The van der Waals surface area contributed by atoms with E-state index in [1.807, 2.05) is 11.8 Å². The average Bonchev–Trinajstić information content (AvgIpc) is 2.86. The quantitative estimate of drug-likeness (QED) is 0.901. The number of hydrogen-bond acceptors (Lipinski definition) is 5. The molecule has 1 fully saturated rings. The highest BCUT2D eigenvalue weighted by Crippen LogP contribution is 2.37. The molecule has 1 aromatic heterocycles. The van der Waals surface area contributed by atoms with E-state index in [2.05, 4.69) is 38.2 Å². The van der Waals surface area contributed by atoms with Crippen LogP contribution < -0.4 is 5.32 Å². The fourth-order valence-corrected chi connectivity index (χ4v) is 3.44. The van der Waals surface area contributed by atoms with Gasteiger partial charge in [0.2, 0.25) is 5.89 Å². The summed E-state index contributed by atoms with van der Waals surface area (Å²) in [5.41, 5.74) is 0.109. The molecule has 20 heavy (non-hydrogen) atoms. The summed E-state index contributed by atoms with van der Waals surface area (Å²) in [5, 5.41) is 7.62. The second-order valence-corrected chi connectivity index (χ2v) is 8.50. The van der Waals surface area contributed by atoms with Gasteiger partial charge in [-0.25, -0.2) is 0 Å². The first-order valence-electron chi connectivity index (χ1n) is 7.63. The van der Waals surface area contributed by atoms with E-state index in [1.165, 1.54) is 0 Å². The Balaban J connectivity index is 2.08. The second-order valence-electron chi connectivity index (χ2n) is 6.70. The van der Waals surface area contributed by atoms with Gasteiger partial charge >= 0.3 is 0 Å². The predicted molar refractivity (Wildman–Crippen MR) is 84.0 cm³/mol. The Morgan fingerprint density at radius 3 is 2.60 bits per heavy atom. The summed E-state index contributed by atoms with van der Waals surface area (Å²) in [7, 11) is 0. The SMILES string of the molecule is CCCC1(c2nc(CSC(C)(C)C)no2)CCNCC1. The van der Waals surface area contributed by atoms with Crippen molar-refractivity contribution in [2.45, 2.75) is 69.3 Å². The lowest BCUT2D eigenvalue weighted by molar-refractivity contribution is 0.208. The number of thioether (sulfide) groups is 1. The van der Waals surface area contributed by atoms with Crippen LogP contribution in [0.5, 0.6) is 0 Å². The van der Waals surface area contributed by atoms with E-state index in [1.54, 1.807) is 0 Å². The first-order chi connectivity index (χ1) is 9.45. The summed E-state index contributed by atoms with van der Waals surface area (Å²) >= 11 is 1.86. The van der Waals surface area contributed by atoms with Crippen molar-refractivity contribution in [2.75, 3.05) is 13.1 Å². The maximum Gasteiger partial charge on any atom is 0.232 e. The molecule has 1 N–H and O–H groups in total. The largest absolute Gasteiger partial charge is 0.339 e. The maximum atomic E-state index is 5.62. The van der Waals surface area contributed by atoms with Gasteiger partial charge in [-0.15, -0.1) is 11.8 Å². The summed E-state index contributed by atoms with van der Waals surface area (Å²) in [6.07, 6.45) is 4.51. The zero-order chi connectivity index (χ0) is 14.6. The maximum absolute atomic E-state index is 5.62. The van der Waals surface area contributed by atoms with Crippen LogP contribution in [-0.4, -0.2) is 28.0 Å². The van der Waals surface area contributed by atoms with Crippen molar-refractivity contribution in [2.24, 2.45) is 0 Å². The third kappa shape index (κ3) is 3.98. The number of nitrogens with zero attached hydrogens (tertiary/aromatic N) is 2. The van der Waals surface area contributed by atoms with Crippen LogP contribution in [0, 0.1) is 0 Å². The van der Waals surface area contributed by atoms with E-state index in [0.717, 1.165) is 56.2 Å². The minimum atomic E-state index is 0.109. The second kappa shape index (κ2) is 6.48. The number of aromatic nitrogens is 2. The molecule has 1 saturated heterocycles. The fraction of sp³-hybridized carbons (Fsp3) is 0.867. The predicted octanol–water partition coefficient (Wildman–Crippen LogP) is 3.52. The van der Waals surface area contributed by atoms with Crippen molar-refractivity contribution < 1.29 is 4.52 Å². The number of hydrogen-bond donors (Lipinski definition) is 1. The third-order valence-corrected chi connectivity index (χ3v) is 5.11. The summed E-state index contributed by atoms with van der Waals surface area (Å²) < 4.78 is 5.86. The molecule has 0 spiro atoms. The van der Waals surface area contributed by atoms with Gasteiger partial charge in [0.25, 0.3) is 0 Å². The smallest absolute Gasteiger partial charge is 0.232 e. The van der Waals surface area contributed by atoms with Crippen LogP contribution in [0.2, 0.25) is 0 Å². The van der Waals surface area contributed by atoms with E-state index in [0.29, 0.717) is 0 Å². The van der Waals surface area contributed by atoms with E-state index in [-0.39, 0.29) is 10.2 Å². The molecule has 1 aromatic rings. The van der Waals surface area contributed by atoms with Gasteiger partial charge in [-0.05, 0) is 32.4 Å². The van der Waals surface area contributed by atoms with E-state index >= 15 is 0 Å². The van der Waals surface area contributed by atoms with Crippen LogP contribution in [0.15, 0.2) is 4.52 Å². The van der Waals surface area contributed by atoms with Gasteiger partial charge in [0.15, 0.2) is 5.82 Å². The normalized spacial score (nSPS) is 19.2. The molecule has 114 valence electrons. The van der Waals surface area contributed by atoms with Crippen molar-refractivity contribution in [3.63, 3.8) is 0 Å². The molecule has 0 aliphatic carbocycles. The van der Waals surface area contributed by atoms with Gasteiger partial charge < -0.3 is 9.84 Å². The van der Waals surface area contributed by atoms with Crippen LogP contribution in [0.4, 0.5) is 0 Å². The van der Waals surface area contributed by atoms with Crippen molar-refractivity contribution in [3.05, 3.63) is 11.7 Å². The van der Waals surface area contributed by atoms with Crippen molar-refractivity contribution >= 4 is 11.8 Å². The van der Waals surface area contributed by atoms with Crippen LogP contribution in [0.1, 0.15) is 65.1 Å². The lowest BCUT2D eigenvalue weighted by Gasteiger charge is -2.34. The summed E-state index contributed by atoms with van der Waals surface area (Å²) in [6.45, 7) is 11.0. The molecule has 2 heterocycles. The van der Waals surface area contributed by atoms with Gasteiger partial charge in [0.1, 0.15) is 0 Å². The minimum absolute atomic E-state index is 0.109. The van der Waals surface area contributed by atoms with Gasteiger partial charge in [-0.1, -0.05) is 39.3 Å². The first kappa shape index (κ1) is 15.8. The summed E-state index contributed by atoms with van der Waals surface area (Å²) in [5.74, 6) is 2.53. The molecule has 0 amide bonds. The standard InChI is InChI=1S/C15H27N3OS/c1-5-6-15(7-9-16-10-8-15)13-17-12(18-19-13)11-20-14(2,3)4/h16H,5-11H2,1-4H3. The van der Waals surface area contributed by atoms with Crippen LogP contribution in [0.3, 0.4) is 0 Å². The molecule has 5 heteroatoms. The molecule has 0 bridgehead atoms. The monoisotopic (exact) mass is 297 g/mol. The zero-order valence-corrected chi connectivity index (χ0v) is 14.0. The van der Waals surface area contributed by atoms with Crippen LogP contribution in [0.25, 0.3) is 0 Å². The first-order valence-corrected chi connectivity index (χ1v) is 8.61. The van der Waals surface area contributed by atoms with Crippen molar-refractivity contribution in [1.29, 1.82) is 0 Å². The Labute approximate surface area is 126 Å². The topological polar surface area (TPSA) is 51.0 Å². The highest BCUT2D eigenvalue weighted by molar-refractivity contribution is 7.99. The lowest BCUT2D eigenvalue weighted by Crippen LogP contribution is -2.40. The highest BCUT2D eigenvalue weighted by Gasteiger charge is 2.38. The van der Waals surface area contributed by atoms with Crippen LogP contribution >= 0.6 is 11.8 Å². The minimum Gasteiger partial charge on any atom is -0.339 e. The van der Waals surface area contributed by atoms with E-state index in [4.69, 9.17) is 9.51 Å². The average molecular weight is 297 g/mol. The molecular formula is C15H27N3OS. The molecule has 0 aromatic carbocycles. The molecule has 0 radical (unpaired) electrons. The van der Waals surface area contributed by atoms with Gasteiger partial charge in [-0.3, -0.25) is 0 Å². The molecule has 2 rings (SSSR count). The van der Waals surface area contributed by atoms with Gasteiger partial charge in [-0.2, -0.15) is 4.98 Å². The molecule has 0 saturated carbocycles. The van der Waals surface area contributed by atoms with Gasteiger partial charge in [0, 0.05) is 4.75 Å². The zero-order valence-electron chi connectivity index (χ0n) is 13.2. The third-order valence-electron chi connectivity index (χ3n) is 3.85.